The molecule has 1 saturated heterocycles. The van der Waals surface area contributed by atoms with Crippen LogP contribution in [0.15, 0.2) is 24.5 Å². The van der Waals surface area contributed by atoms with Gasteiger partial charge in [-0.05, 0) is 64.3 Å². The molecule has 2 heterocycles. The molecule has 1 aliphatic heterocycles. The third-order valence-electron chi connectivity index (χ3n) is 4.06. The molecule has 1 N–H and O–H groups in total. The Morgan fingerprint density at radius 1 is 1.19 bits per heavy atom. The van der Waals surface area contributed by atoms with Crippen molar-refractivity contribution < 1.29 is 14.6 Å². The van der Waals surface area contributed by atoms with Gasteiger partial charge in [-0.1, -0.05) is 6.07 Å². The molecule has 0 saturated carbocycles. The van der Waals surface area contributed by atoms with Crippen molar-refractivity contribution in [2.75, 3.05) is 18.0 Å². The van der Waals surface area contributed by atoms with E-state index in [0.29, 0.717) is 0 Å². The van der Waals surface area contributed by atoms with Crippen molar-refractivity contribution in [2.45, 2.75) is 46.6 Å². The lowest BCUT2D eigenvalue weighted by Crippen LogP contribution is -2.38. The summed E-state index contributed by atoms with van der Waals surface area (Å²) in [6.07, 6.45) is 2.90. The summed E-state index contributed by atoms with van der Waals surface area (Å²) in [5, 5.41) is 6.89. The second-order valence-corrected chi connectivity index (χ2v) is 7.29. The number of rotatable bonds is 3. The highest BCUT2D eigenvalue weighted by Gasteiger charge is 2.23. The SMILES string of the molecule is Cc1cc(OC(C)(C)C)ccc1-c1c(C)ncnc1N1CCC1.O=CO. The normalized spacial score (nSPS) is 13.3. The fourth-order valence-corrected chi connectivity index (χ4v) is 2.88. The van der Waals surface area contributed by atoms with Crippen LogP contribution < -0.4 is 9.64 Å². The van der Waals surface area contributed by atoms with Gasteiger partial charge in [0.15, 0.2) is 0 Å². The Morgan fingerprint density at radius 2 is 1.85 bits per heavy atom. The van der Waals surface area contributed by atoms with Crippen molar-refractivity contribution in [3.63, 3.8) is 0 Å². The molecule has 6 nitrogen and oxygen atoms in total. The first kappa shape index (κ1) is 19.7. The van der Waals surface area contributed by atoms with E-state index in [1.807, 2.05) is 6.07 Å². The summed E-state index contributed by atoms with van der Waals surface area (Å²) in [6.45, 7) is 12.3. The van der Waals surface area contributed by atoms with Gasteiger partial charge >= 0.3 is 0 Å². The number of hydrogen-bond acceptors (Lipinski definition) is 5. The molecule has 2 aromatic rings. The van der Waals surface area contributed by atoms with Gasteiger partial charge in [-0.15, -0.1) is 0 Å². The van der Waals surface area contributed by atoms with E-state index in [1.54, 1.807) is 6.33 Å². The molecular formula is C20H27N3O3. The highest BCUT2D eigenvalue weighted by Crippen LogP contribution is 2.36. The Kier molecular flexibility index (Phi) is 6.18. The molecule has 0 aliphatic carbocycles. The molecule has 0 bridgehead atoms. The molecule has 6 heteroatoms. The zero-order valence-electron chi connectivity index (χ0n) is 16.1. The Bertz CT molecular complexity index is 765. The van der Waals surface area contributed by atoms with Gasteiger partial charge in [0.05, 0.1) is 5.69 Å². The maximum absolute atomic E-state index is 8.36. The average Bonchev–Trinajstić information content (AvgIpc) is 2.46. The molecular weight excluding hydrogens is 330 g/mol. The second-order valence-electron chi connectivity index (χ2n) is 7.29. The van der Waals surface area contributed by atoms with Crippen LogP contribution in [0.3, 0.4) is 0 Å². The van der Waals surface area contributed by atoms with Crippen molar-refractivity contribution in [3.8, 4) is 16.9 Å². The zero-order valence-corrected chi connectivity index (χ0v) is 16.1. The number of benzene rings is 1. The first-order valence-corrected chi connectivity index (χ1v) is 8.71. The van der Waals surface area contributed by atoms with Crippen molar-refractivity contribution in [1.82, 2.24) is 9.97 Å². The molecule has 1 aromatic carbocycles. The highest BCUT2D eigenvalue weighted by atomic mass is 16.5. The van der Waals surface area contributed by atoms with E-state index in [4.69, 9.17) is 14.6 Å². The van der Waals surface area contributed by atoms with Gasteiger partial charge in [0.2, 0.25) is 0 Å². The third-order valence-corrected chi connectivity index (χ3v) is 4.06. The fraction of sp³-hybridized carbons (Fsp3) is 0.450. The predicted octanol–water partition coefficient (Wildman–Crippen LogP) is 3.85. The molecule has 140 valence electrons. The Labute approximate surface area is 154 Å². The van der Waals surface area contributed by atoms with Crippen molar-refractivity contribution >= 4 is 12.3 Å². The van der Waals surface area contributed by atoms with Gasteiger partial charge in [0.25, 0.3) is 6.47 Å². The molecule has 0 amide bonds. The van der Waals surface area contributed by atoms with E-state index in [2.05, 4.69) is 61.6 Å². The van der Waals surface area contributed by atoms with Crippen molar-refractivity contribution in [1.29, 1.82) is 0 Å². The smallest absolute Gasteiger partial charge is 0.290 e. The second kappa shape index (κ2) is 8.17. The molecule has 26 heavy (non-hydrogen) atoms. The minimum atomic E-state index is -0.250. The van der Waals surface area contributed by atoms with E-state index < -0.39 is 0 Å². The minimum Gasteiger partial charge on any atom is -0.488 e. The zero-order chi connectivity index (χ0) is 19.3. The Morgan fingerprint density at radius 3 is 2.35 bits per heavy atom. The van der Waals surface area contributed by atoms with E-state index >= 15 is 0 Å². The van der Waals surface area contributed by atoms with Crippen molar-refractivity contribution in [3.05, 3.63) is 35.8 Å². The number of hydrogen-bond donors (Lipinski definition) is 1. The summed E-state index contributed by atoms with van der Waals surface area (Å²) in [5.74, 6) is 1.95. The molecule has 0 atom stereocenters. The average molecular weight is 357 g/mol. The molecule has 1 fully saturated rings. The lowest BCUT2D eigenvalue weighted by atomic mass is 9.98. The summed E-state index contributed by atoms with van der Waals surface area (Å²) in [6, 6.07) is 6.28. The summed E-state index contributed by atoms with van der Waals surface area (Å²) < 4.78 is 5.97. The van der Waals surface area contributed by atoms with Crippen LogP contribution in [0.1, 0.15) is 38.4 Å². The quantitative estimate of drug-likeness (QED) is 0.841. The number of carboxylic acid groups (broad SMARTS) is 1. The summed E-state index contributed by atoms with van der Waals surface area (Å²) in [7, 11) is 0. The van der Waals surface area contributed by atoms with Crippen LogP contribution >= 0.6 is 0 Å². The van der Waals surface area contributed by atoms with Crippen LogP contribution in [0.5, 0.6) is 5.75 Å². The lowest BCUT2D eigenvalue weighted by Gasteiger charge is -2.34. The number of nitrogens with zero attached hydrogens (tertiary/aromatic N) is 3. The Hall–Kier alpha value is -2.63. The maximum atomic E-state index is 8.36. The standard InChI is InChI=1S/C19H25N3O.CH2O2/c1-13-11-15(23-19(3,4)5)7-8-16(13)17-14(2)20-12-21-18(17)22-9-6-10-22;2-1-3/h7-8,11-12H,6,9-10H2,1-5H3;1H,(H,2,3). The van der Waals surface area contributed by atoms with Crippen molar-refractivity contribution in [2.24, 2.45) is 0 Å². The van der Waals surface area contributed by atoms with Crippen LogP contribution in [0.4, 0.5) is 5.82 Å². The first-order valence-electron chi connectivity index (χ1n) is 8.71. The van der Waals surface area contributed by atoms with E-state index in [0.717, 1.165) is 35.9 Å². The number of aromatic nitrogens is 2. The van der Waals surface area contributed by atoms with Gasteiger partial charge in [0, 0.05) is 18.7 Å². The molecule has 0 unspecified atom stereocenters. The van der Waals surface area contributed by atoms with E-state index in [-0.39, 0.29) is 12.1 Å². The fourth-order valence-electron chi connectivity index (χ4n) is 2.88. The van der Waals surface area contributed by atoms with Gasteiger partial charge < -0.3 is 14.7 Å². The van der Waals surface area contributed by atoms with E-state index in [1.165, 1.54) is 17.5 Å². The summed E-state index contributed by atoms with van der Waals surface area (Å²) >= 11 is 0. The number of aryl methyl sites for hydroxylation is 2. The maximum Gasteiger partial charge on any atom is 0.290 e. The van der Waals surface area contributed by atoms with Crippen LogP contribution in [-0.4, -0.2) is 40.2 Å². The number of ether oxygens (including phenoxy) is 1. The summed E-state index contributed by atoms with van der Waals surface area (Å²) in [5.41, 5.74) is 4.35. The molecule has 1 aromatic heterocycles. The predicted molar refractivity (Wildman–Crippen MR) is 103 cm³/mol. The summed E-state index contributed by atoms with van der Waals surface area (Å²) in [4.78, 5) is 19.6. The van der Waals surface area contributed by atoms with Gasteiger partial charge in [-0.3, -0.25) is 4.79 Å². The minimum absolute atomic E-state index is 0.192. The van der Waals surface area contributed by atoms with Gasteiger partial charge in [-0.25, -0.2) is 9.97 Å². The lowest BCUT2D eigenvalue weighted by molar-refractivity contribution is -0.122. The first-order chi connectivity index (χ1) is 12.3. The van der Waals surface area contributed by atoms with E-state index in [9.17, 15) is 0 Å². The molecule has 0 spiro atoms. The molecule has 1 aliphatic rings. The monoisotopic (exact) mass is 357 g/mol. The number of anilines is 1. The molecule has 3 rings (SSSR count). The van der Waals surface area contributed by atoms with Crippen LogP contribution in [0, 0.1) is 13.8 Å². The van der Waals surface area contributed by atoms with Gasteiger partial charge in [0.1, 0.15) is 23.5 Å². The third kappa shape index (κ3) is 4.71. The van der Waals surface area contributed by atoms with Crippen LogP contribution in [0.25, 0.3) is 11.1 Å². The Balaban J connectivity index is 0.000000758. The topological polar surface area (TPSA) is 75.6 Å². The van der Waals surface area contributed by atoms with Gasteiger partial charge in [-0.2, -0.15) is 0 Å². The molecule has 0 radical (unpaired) electrons. The van der Waals surface area contributed by atoms with Crippen LogP contribution in [-0.2, 0) is 4.79 Å². The highest BCUT2D eigenvalue weighted by molar-refractivity contribution is 5.80. The largest absolute Gasteiger partial charge is 0.488 e. The van der Waals surface area contributed by atoms with Crippen LogP contribution in [0.2, 0.25) is 0 Å². The number of carbonyl (C=O) groups is 1.